The Morgan fingerprint density at radius 3 is 1.22 bits per heavy atom. The molecular weight excluding hydrogens is 956 g/mol. The number of hydrogen-bond acceptors (Lipinski definition) is 13. The van der Waals surface area contributed by atoms with Crippen molar-refractivity contribution in [3.05, 3.63) is 106 Å². The highest BCUT2D eigenvalue weighted by molar-refractivity contribution is 14.0. The van der Waals surface area contributed by atoms with E-state index >= 15 is 0 Å². The highest BCUT2D eigenvalue weighted by Gasteiger charge is 2.06. The van der Waals surface area contributed by atoms with Gasteiger partial charge in [-0.2, -0.15) is 10.5 Å². The number of benzene rings is 3. The number of nitrogens with two attached hydrogens (primary N) is 2. The van der Waals surface area contributed by atoms with Crippen molar-refractivity contribution in [1.29, 1.82) is 15.9 Å². The fourth-order valence-electron chi connectivity index (χ4n) is 3.67. The summed E-state index contributed by atoms with van der Waals surface area (Å²) in [6.07, 6.45) is 0. The summed E-state index contributed by atoms with van der Waals surface area (Å²) in [5.74, 6) is -0.362. The zero-order chi connectivity index (χ0) is 44.5. The summed E-state index contributed by atoms with van der Waals surface area (Å²) in [6, 6.07) is 23.1. The van der Waals surface area contributed by atoms with E-state index in [1.165, 1.54) is 12.1 Å². The Labute approximate surface area is 384 Å². The molecule has 3 aromatic carbocycles. The Bertz CT molecular complexity index is 1640. The molecule has 0 aliphatic carbocycles. The Hall–Kier alpha value is -3.96. The Kier molecular flexibility index (Phi) is 43.4. The lowest BCUT2D eigenvalue weighted by Crippen LogP contribution is -2.27. The van der Waals surface area contributed by atoms with Crippen LogP contribution >= 0.6 is 58.8 Å². The molecule has 0 radical (unpaired) electrons. The lowest BCUT2D eigenvalue weighted by molar-refractivity contribution is 0.0692. The molecule has 0 aromatic heterocycles. The van der Waals surface area contributed by atoms with Gasteiger partial charge in [-0.3, -0.25) is 19.8 Å². The van der Waals surface area contributed by atoms with E-state index in [-0.39, 0.29) is 47.0 Å². The molecule has 0 saturated carbocycles. The van der Waals surface area contributed by atoms with E-state index in [1.807, 2.05) is 12.1 Å². The van der Waals surface area contributed by atoms with Crippen LogP contribution in [0.2, 0.25) is 0 Å². The maximum Gasteiger partial charge on any atom is 0.252 e. The minimum Gasteiger partial charge on any atom is -0.384 e. The number of hydrogen-bond donors (Lipinski definition) is 5. The highest BCUT2D eigenvalue weighted by atomic mass is 127. The molecule has 2 amide bonds. The van der Waals surface area contributed by atoms with Crippen molar-refractivity contribution >= 4 is 81.7 Å². The normalized spacial score (nSPS) is 9.35. The quantitative estimate of drug-likeness (QED) is 0.0238. The molecule has 16 nitrogen and oxygen atoms in total. The van der Waals surface area contributed by atoms with Crippen molar-refractivity contribution in [2.45, 2.75) is 0 Å². The summed E-state index contributed by atoms with van der Waals surface area (Å²) >= 11 is 14.7. The zero-order valence-corrected chi connectivity index (χ0v) is 38.5. The Balaban J connectivity index is -0.000000733. The summed E-state index contributed by atoms with van der Waals surface area (Å²) in [5, 5.41) is 29.4. The molecule has 3 aromatic rings. The van der Waals surface area contributed by atoms with Crippen molar-refractivity contribution in [2.24, 2.45) is 11.5 Å². The van der Waals surface area contributed by atoms with Gasteiger partial charge in [0.25, 0.3) is 17.1 Å². The molecule has 0 unspecified atom stereocenters. The van der Waals surface area contributed by atoms with Crippen LogP contribution in [0.25, 0.3) is 0 Å². The van der Waals surface area contributed by atoms with Crippen molar-refractivity contribution in [1.82, 2.24) is 10.6 Å². The van der Waals surface area contributed by atoms with Crippen LogP contribution in [0.3, 0.4) is 0 Å². The Morgan fingerprint density at radius 1 is 0.600 bits per heavy atom. The molecule has 0 atom stereocenters. The number of nitrogens with one attached hydrogen (secondary N) is 3. The van der Waals surface area contributed by atoms with Gasteiger partial charge >= 0.3 is 0 Å². The third-order valence-electron chi connectivity index (χ3n) is 6.60. The molecule has 0 saturated heterocycles. The summed E-state index contributed by atoms with van der Waals surface area (Å²) < 4.78 is 29.8. The van der Waals surface area contributed by atoms with Gasteiger partial charge in [-0.05, 0) is 72.3 Å². The third kappa shape index (κ3) is 33.8. The molecule has 332 valence electrons. The molecule has 0 fully saturated rings. The van der Waals surface area contributed by atoms with Gasteiger partial charge in [-0.1, -0.05) is 12.1 Å². The number of nitriles is 2. The van der Waals surface area contributed by atoms with Crippen molar-refractivity contribution < 1.29 is 42.8 Å². The number of halogens is 4. The van der Waals surface area contributed by atoms with Crippen LogP contribution < -0.4 is 22.1 Å². The predicted molar refractivity (Wildman–Crippen MR) is 244 cm³/mol. The number of rotatable bonds is 21. The maximum atomic E-state index is 11.7. The monoisotopic (exact) mass is 1010 g/mol. The van der Waals surface area contributed by atoms with Crippen LogP contribution in [0.4, 0.5) is 0 Å². The SMILES string of the molecule is COCCOCCN.COCCOCCNC(=O)c1ccc(C#N)cc1.COCCOCCNC(=O)c1ccc(C(=N)N)cc1.ClCCl.I.N#Cc1ccc(C(=O)Cl)cc1. The van der Waals surface area contributed by atoms with Crippen LogP contribution in [-0.4, -0.2) is 129 Å². The van der Waals surface area contributed by atoms with Crippen molar-refractivity contribution in [3.8, 4) is 12.1 Å². The average Bonchev–Trinajstić information content (AvgIpc) is 3.25. The number of ether oxygens (including phenoxy) is 6. The molecular formula is C40H55Cl3IN7O9. The smallest absolute Gasteiger partial charge is 0.252 e. The first-order valence-corrected chi connectivity index (χ1v) is 19.2. The number of amidine groups is 1. The third-order valence-corrected chi connectivity index (χ3v) is 6.81. The second-order valence-corrected chi connectivity index (χ2v) is 12.0. The van der Waals surface area contributed by atoms with Crippen LogP contribution in [-0.2, 0) is 28.4 Å². The fourth-order valence-corrected chi connectivity index (χ4v) is 3.79. The van der Waals surface area contributed by atoms with E-state index < -0.39 is 5.24 Å². The minimum atomic E-state index is -0.505. The lowest BCUT2D eigenvalue weighted by atomic mass is 10.1. The molecule has 60 heavy (non-hydrogen) atoms. The number of carbonyl (C=O) groups excluding carboxylic acids is 3. The van der Waals surface area contributed by atoms with Gasteiger partial charge in [0, 0.05) is 63.2 Å². The van der Waals surface area contributed by atoms with E-state index in [9.17, 15) is 14.4 Å². The highest BCUT2D eigenvalue weighted by Crippen LogP contribution is 2.06. The molecule has 7 N–H and O–H groups in total. The summed E-state index contributed by atoms with van der Waals surface area (Å²) in [4.78, 5) is 33.9. The van der Waals surface area contributed by atoms with Gasteiger partial charge < -0.3 is 50.5 Å². The average molecular weight is 1010 g/mol. The fraction of sp³-hybridized carbons (Fsp3) is 0.400. The summed E-state index contributed by atoms with van der Waals surface area (Å²) in [7, 11) is 4.86. The van der Waals surface area contributed by atoms with E-state index in [0.717, 1.165) is 0 Å². The minimum absolute atomic E-state index is 0. The molecule has 0 heterocycles. The van der Waals surface area contributed by atoms with Crippen LogP contribution in [0, 0.1) is 28.1 Å². The van der Waals surface area contributed by atoms with Gasteiger partial charge in [0.1, 0.15) is 5.84 Å². The van der Waals surface area contributed by atoms with Crippen LogP contribution in [0.15, 0.2) is 72.8 Å². The number of carbonyl (C=O) groups is 3. The van der Waals surface area contributed by atoms with Gasteiger partial charge in [0.2, 0.25) is 0 Å². The first-order chi connectivity index (χ1) is 28.5. The topological polar surface area (TPSA) is 254 Å². The number of amides is 2. The summed E-state index contributed by atoms with van der Waals surface area (Å²) in [5.41, 5.74) is 13.6. The van der Waals surface area contributed by atoms with Gasteiger partial charge in [-0.15, -0.1) is 47.2 Å². The van der Waals surface area contributed by atoms with Crippen LogP contribution in [0.1, 0.15) is 47.8 Å². The number of methoxy groups -OCH3 is 3. The first-order valence-electron chi connectivity index (χ1n) is 17.7. The standard InChI is InChI=1S/C13H19N3O3.C13H16N2O3.C8H4ClNO.C5H13NO2.CH2Cl2.HI/c1-18-8-9-19-7-6-16-13(17)11-4-2-10(3-5-11)12(14)15;1-17-8-9-18-7-6-15-13(16)12-4-2-11(10-14)3-5-12;9-8(11)7-3-1-6(5-10)2-4-7;1-7-4-5-8-3-2-6;2-1-3;/h2-5H,6-9H2,1H3,(H3,14,15)(H,16,17);2-5H,6-9H2,1H3,(H,15,16);1-4H;2-6H2,1H3;1H2;1H. The number of alkyl halides is 2. The predicted octanol–water partition coefficient (Wildman–Crippen LogP) is 4.90. The van der Waals surface area contributed by atoms with Crippen LogP contribution in [0.5, 0.6) is 0 Å². The lowest BCUT2D eigenvalue weighted by Gasteiger charge is -2.06. The zero-order valence-electron chi connectivity index (χ0n) is 33.9. The number of nitrogen functional groups attached to an aromatic ring is 1. The Morgan fingerprint density at radius 2 is 0.917 bits per heavy atom. The number of nitrogens with zero attached hydrogens (tertiary/aromatic N) is 2. The molecule has 0 spiro atoms. The van der Waals surface area contributed by atoms with E-state index in [4.69, 9.17) is 90.6 Å². The van der Waals surface area contributed by atoms with Crippen molar-refractivity contribution in [3.63, 3.8) is 0 Å². The first kappa shape index (κ1) is 60.3. The molecule has 0 bridgehead atoms. The van der Waals surface area contributed by atoms with Gasteiger partial charge in [0.15, 0.2) is 0 Å². The summed E-state index contributed by atoms with van der Waals surface area (Å²) in [6.45, 7) is 6.42. The van der Waals surface area contributed by atoms with E-state index in [2.05, 4.69) is 10.6 Å². The van der Waals surface area contributed by atoms with E-state index in [1.54, 1.807) is 82.0 Å². The van der Waals surface area contributed by atoms with Gasteiger partial charge in [-0.25, -0.2) is 0 Å². The second-order valence-electron chi connectivity index (χ2n) is 10.9. The molecule has 0 aliphatic heterocycles. The van der Waals surface area contributed by atoms with Crippen molar-refractivity contribution in [2.75, 3.05) is 106 Å². The molecule has 20 heteroatoms. The van der Waals surface area contributed by atoms with Gasteiger partial charge in [0.05, 0.1) is 88.1 Å². The largest absolute Gasteiger partial charge is 0.384 e. The molecule has 3 rings (SSSR count). The van der Waals surface area contributed by atoms with E-state index in [0.29, 0.717) is 112 Å². The second kappa shape index (κ2) is 43.1. The maximum absolute atomic E-state index is 11.7. The molecule has 0 aliphatic rings.